The highest BCUT2D eigenvalue weighted by atomic mass is 19.1. The van der Waals surface area contributed by atoms with Gasteiger partial charge >= 0.3 is 5.97 Å². The Labute approximate surface area is 109 Å². The van der Waals surface area contributed by atoms with Gasteiger partial charge in [-0.3, -0.25) is 4.68 Å². The predicted molar refractivity (Wildman–Crippen MR) is 67.1 cm³/mol. The standard InChI is InChI=1S/C13H14FN3O2/c1-17-12(11(7-16-17)13(18)19)8-15-6-9-2-4-10(14)5-3-9/h2-5,7,15H,6,8H2,1H3,(H,18,19). The fraction of sp³-hybridized carbons (Fsp3) is 0.231. The van der Waals surface area contributed by atoms with Gasteiger partial charge < -0.3 is 10.4 Å². The van der Waals surface area contributed by atoms with E-state index in [1.54, 1.807) is 19.2 Å². The number of benzene rings is 1. The number of nitrogens with zero attached hydrogens (tertiary/aromatic N) is 2. The van der Waals surface area contributed by atoms with E-state index in [0.29, 0.717) is 18.8 Å². The van der Waals surface area contributed by atoms with Gasteiger partial charge in [-0.15, -0.1) is 0 Å². The van der Waals surface area contributed by atoms with Crippen LogP contribution in [0.4, 0.5) is 4.39 Å². The predicted octanol–water partition coefficient (Wildman–Crippen LogP) is 1.55. The lowest BCUT2D eigenvalue weighted by molar-refractivity contribution is 0.0695. The number of aromatic carboxylic acids is 1. The minimum atomic E-state index is -0.994. The van der Waals surface area contributed by atoms with Crippen molar-refractivity contribution in [2.75, 3.05) is 0 Å². The van der Waals surface area contributed by atoms with Crippen molar-refractivity contribution in [2.24, 2.45) is 7.05 Å². The highest BCUT2D eigenvalue weighted by Gasteiger charge is 2.14. The van der Waals surface area contributed by atoms with E-state index in [4.69, 9.17) is 5.11 Å². The molecule has 1 aromatic carbocycles. The van der Waals surface area contributed by atoms with E-state index in [0.717, 1.165) is 5.56 Å². The lowest BCUT2D eigenvalue weighted by Crippen LogP contribution is -2.17. The number of hydrogen-bond donors (Lipinski definition) is 2. The number of rotatable bonds is 5. The van der Waals surface area contributed by atoms with Gasteiger partial charge in [-0.25, -0.2) is 9.18 Å². The molecule has 0 spiro atoms. The van der Waals surface area contributed by atoms with E-state index in [1.807, 2.05) is 0 Å². The number of carboxylic acid groups (broad SMARTS) is 1. The molecule has 2 N–H and O–H groups in total. The van der Waals surface area contributed by atoms with E-state index in [9.17, 15) is 9.18 Å². The minimum Gasteiger partial charge on any atom is -0.478 e. The van der Waals surface area contributed by atoms with Crippen LogP contribution in [0.25, 0.3) is 0 Å². The van der Waals surface area contributed by atoms with E-state index in [1.165, 1.54) is 23.0 Å². The first-order chi connectivity index (χ1) is 9.08. The van der Waals surface area contributed by atoms with Crippen molar-refractivity contribution in [1.29, 1.82) is 0 Å². The summed E-state index contributed by atoms with van der Waals surface area (Å²) in [5, 5.41) is 16.0. The second-order valence-corrected chi connectivity index (χ2v) is 4.16. The Kier molecular flexibility index (Phi) is 3.91. The lowest BCUT2D eigenvalue weighted by Gasteiger charge is -2.06. The second-order valence-electron chi connectivity index (χ2n) is 4.16. The molecule has 0 saturated heterocycles. The quantitative estimate of drug-likeness (QED) is 0.858. The molecule has 0 aliphatic rings. The van der Waals surface area contributed by atoms with Crippen LogP contribution >= 0.6 is 0 Å². The van der Waals surface area contributed by atoms with Crippen LogP contribution in [0.2, 0.25) is 0 Å². The monoisotopic (exact) mass is 263 g/mol. The molecule has 0 radical (unpaired) electrons. The molecule has 0 amide bonds. The maximum absolute atomic E-state index is 12.7. The topological polar surface area (TPSA) is 67.2 Å². The minimum absolute atomic E-state index is 0.189. The smallest absolute Gasteiger partial charge is 0.339 e. The van der Waals surface area contributed by atoms with E-state index >= 15 is 0 Å². The van der Waals surface area contributed by atoms with Crippen LogP contribution < -0.4 is 5.32 Å². The first kappa shape index (κ1) is 13.2. The van der Waals surface area contributed by atoms with Gasteiger partial charge in [-0.1, -0.05) is 12.1 Å². The molecule has 0 aliphatic carbocycles. The Morgan fingerprint density at radius 2 is 2.05 bits per heavy atom. The van der Waals surface area contributed by atoms with Crippen molar-refractivity contribution in [3.8, 4) is 0 Å². The van der Waals surface area contributed by atoms with Crippen LogP contribution in [0.15, 0.2) is 30.5 Å². The number of hydrogen-bond acceptors (Lipinski definition) is 3. The van der Waals surface area contributed by atoms with E-state index < -0.39 is 5.97 Å². The van der Waals surface area contributed by atoms with Crippen molar-refractivity contribution < 1.29 is 14.3 Å². The molecular formula is C13H14FN3O2. The maximum Gasteiger partial charge on any atom is 0.339 e. The lowest BCUT2D eigenvalue weighted by atomic mass is 10.2. The molecule has 0 aliphatic heterocycles. The summed E-state index contributed by atoms with van der Waals surface area (Å²) in [5.41, 5.74) is 1.73. The molecule has 0 atom stereocenters. The summed E-state index contributed by atoms with van der Waals surface area (Å²) in [4.78, 5) is 11.0. The first-order valence-corrected chi connectivity index (χ1v) is 5.77. The van der Waals surface area contributed by atoms with Crippen LogP contribution in [-0.4, -0.2) is 20.9 Å². The zero-order chi connectivity index (χ0) is 13.8. The number of carboxylic acids is 1. The van der Waals surface area contributed by atoms with Crippen LogP contribution in [-0.2, 0) is 20.1 Å². The Morgan fingerprint density at radius 3 is 2.68 bits per heavy atom. The van der Waals surface area contributed by atoms with Crippen LogP contribution in [0.5, 0.6) is 0 Å². The zero-order valence-electron chi connectivity index (χ0n) is 10.4. The highest BCUT2D eigenvalue weighted by Crippen LogP contribution is 2.08. The molecule has 0 unspecified atom stereocenters. The Bertz CT molecular complexity index is 578. The first-order valence-electron chi connectivity index (χ1n) is 5.77. The molecule has 5 nitrogen and oxygen atoms in total. The molecule has 2 aromatic rings. The van der Waals surface area contributed by atoms with Crippen molar-refractivity contribution in [3.05, 3.63) is 53.1 Å². The largest absolute Gasteiger partial charge is 0.478 e. The molecule has 2 rings (SSSR count). The fourth-order valence-corrected chi connectivity index (χ4v) is 1.78. The summed E-state index contributed by atoms with van der Waals surface area (Å²) in [6.45, 7) is 0.917. The summed E-state index contributed by atoms with van der Waals surface area (Å²) in [7, 11) is 1.70. The summed E-state index contributed by atoms with van der Waals surface area (Å²) < 4.78 is 14.3. The summed E-state index contributed by atoms with van der Waals surface area (Å²) in [6, 6.07) is 6.15. The van der Waals surface area contributed by atoms with Gasteiger partial charge in [0.05, 0.1) is 11.9 Å². The molecule has 100 valence electrons. The molecule has 19 heavy (non-hydrogen) atoms. The van der Waals surface area contributed by atoms with Crippen LogP contribution in [0.1, 0.15) is 21.6 Å². The molecule has 1 aromatic heterocycles. The van der Waals surface area contributed by atoms with Crippen molar-refractivity contribution >= 4 is 5.97 Å². The number of aryl methyl sites for hydroxylation is 1. The van der Waals surface area contributed by atoms with Gasteiger partial charge in [-0.05, 0) is 17.7 Å². The third-order valence-corrected chi connectivity index (χ3v) is 2.83. The van der Waals surface area contributed by atoms with Gasteiger partial charge in [0, 0.05) is 20.1 Å². The highest BCUT2D eigenvalue weighted by molar-refractivity contribution is 5.88. The molecule has 0 saturated carbocycles. The number of nitrogens with one attached hydrogen (secondary N) is 1. The Hall–Kier alpha value is -2.21. The van der Waals surface area contributed by atoms with Crippen molar-refractivity contribution in [3.63, 3.8) is 0 Å². The maximum atomic E-state index is 12.7. The summed E-state index contributed by atoms with van der Waals surface area (Å²) >= 11 is 0. The number of carbonyl (C=O) groups is 1. The molecular weight excluding hydrogens is 249 g/mol. The number of aromatic nitrogens is 2. The normalized spacial score (nSPS) is 10.6. The van der Waals surface area contributed by atoms with E-state index in [-0.39, 0.29) is 11.4 Å². The average molecular weight is 263 g/mol. The SMILES string of the molecule is Cn1ncc(C(=O)O)c1CNCc1ccc(F)cc1. The second kappa shape index (κ2) is 5.62. The Morgan fingerprint density at radius 1 is 1.37 bits per heavy atom. The molecule has 6 heteroatoms. The summed E-state index contributed by atoms with van der Waals surface area (Å²) in [5.74, 6) is -1.27. The van der Waals surface area contributed by atoms with Gasteiger partial charge in [0.2, 0.25) is 0 Å². The molecule has 0 bridgehead atoms. The van der Waals surface area contributed by atoms with Crippen molar-refractivity contribution in [2.45, 2.75) is 13.1 Å². The third-order valence-electron chi connectivity index (χ3n) is 2.83. The Balaban J connectivity index is 1.97. The summed E-state index contributed by atoms with van der Waals surface area (Å²) in [6.07, 6.45) is 1.33. The van der Waals surface area contributed by atoms with Gasteiger partial charge in [0.1, 0.15) is 11.4 Å². The van der Waals surface area contributed by atoms with Gasteiger partial charge in [0.15, 0.2) is 0 Å². The van der Waals surface area contributed by atoms with Gasteiger partial charge in [-0.2, -0.15) is 5.10 Å². The van der Waals surface area contributed by atoms with Crippen LogP contribution in [0, 0.1) is 5.82 Å². The number of halogens is 1. The molecule has 1 heterocycles. The zero-order valence-corrected chi connectivity index (χ0v) is 10.4. The average Bonchev–Trinajstić information content (AvgIpc) is 2.74. The third kappa shape index (κ3) is 3.17. The van der Waals surface area contributed by atoms with E-state index in [2.05, 4.69) is 10.4 Å². The molecule has 0 fully saturated rings. The van der Waals surface area contributed by atoms with Crippen molar-refractivity contribution in [1.82, 2.24) is 15.1 Å². The fourth-order valence-electron chi connectivity index (χ4n) is 1.78. The van der Waals surface area contributed by atoms with Gasteiger partial charge in [0.25, 0.3) is 0 Å². The van der Waals surface area contributed by atoms with Crippen LogP contribution in [0.3, 0.4) is 0 Å².